The zero-order chi connectivity index (χ0) is 9.30. The second kappa shape index (κ2) is 3.70. The Bertz CT molecular complexity index is 136. The van der Waals surface area contributed by atoms with Crippen LogP contribution in [0.5, 0.6) is 0 Å². The summed E-state index contributed by atoms with van der Waals surface area (Å²) in [5.74, 6) is 0. The number of methoxy groups -OCH3 is 1. The first-order valence-corrected chi connectivity index (χ1v) is 4.12. The van der Waals surface area contributed by atoms with Crippen LogP contribution in [0.1, 0.15) is 13.8 Å². The van der Waals surface area contributed by atoms with Crippen LogP contribution >= 0.6 is 0 Å². The average Bonchev–Trinajstić information content (AvgIpc) is 2.02. The lowest BCUT2D eigenvalue weighted by Gasteiger charge is -2.39. The Kier molecular flexibility index (Phi) is 3.06. The highest BCUT2D eigenvalue weighted by Crippen LogP contribution is 2.22. The molecule has 72 valence electrons. The SMILES string of the molecule is COC1[C@@H](O)[C@H](C)O[C@@H](C)[C@@H]1O. The van der Waals surface area contributed by atoms with E-state index >= 15 is 0 Å². The first-order valence-electron chi connectivity index (χ1n) is 4.12. The Morgan fingerprint density at radius 2 is 1.50 bits per heavy atom. The number of aliphatic hydroxyl groups excluding tert-OH is 2. The van der Waals surface area contributed by atoms with Gasteiger partial charge in [-0.05, 0) is 13.8 Å². The van der Waals surface area contributed by atoms with Gasteiger partial charge in [-0.2, -0.15) is 0 Å². The minimum absolute atomic E-state index is 0.284. The van der Waals surface area contributed by atoms with Crippen molar-refractivity contribution in [3.05, 3.63) is 0 Å². The molecule has 1 saturated heterocycles. The third-order valence-electron chi connectivity index (χ3n) is 2.34. The highest BCUT2D eigenvalue weighted by molar-refractivity contribution is 4.89. The summed E-state index contributed by atoms with van der Waals surface area (Å²) < 4.78 is 10.2. The van der Waals surface area contributed by atoms with E-state index in [4.69, 9.17) is 9.47 Å². The van der Waals surface area contributed by atoms with Crippen LogP contribution in [-0.4, -0.2) is 47.8 Å². The highest BCUT2D eigenvalue weighted by Gasteiger charge is 2.40. The van der Waals surface area contributed by atoms with Crippen LogP contribution in [-0.2, 0) is 9.47 Å². The van der Waals surface area contributed by atoms with Crippen LogP contribution in [0, 0.1) is 0 Å². The lowest BCUT2D eigenvalue weighted by molar-refractivity contribution is -0.219. The van der Waals surface area contributed by atoms with E-state index in [1.807, 2.05) is 0 Å². The van der Waals surface area contributed by atoms with Gasteiger partial charge in [0.2, 0.25) is 0 Å². The van der Waals surface area contributed by atoms with Crippen molar-refractivity contribution >= 4 is 0 Å². The number of ether oxygens (including phenoxy) is 2. The minimum atomic E-state index is -0.749. The molecule has 4 atom stereocenters. The maximum Gasteiger partial charge on any atom is 0.114 e. The maximum absolute atomic E-state index is 9.52. The van der Waals surface area contributed by atoms with E-state index in [2.05, 4.69) is 0 Å². The molecule has 0 radical (unpaired) electrons. The second-order valence-electron chi connectivity index (χ2n) is 3.23. The third kappa shape index (κ3) is 1.61. The topological polar surface area (TPSA) is 58.9 Å². The van der Waals surface area contributed by atoms with Gasteiger partial charge in [-0.3, -0.25) is 0 Å². The van der Waals surface area contributed by atoms with E-state index in [-0.39, 0.29) is 12.2 Å². The number of aliphatic hydroxyl groups is 2. The molecule has 0 bridgehead atoms. The van der Waals surface area contributed by atoms with E-state index in [0.717, 1.165) is 0 Å². The smallest absolute Gasteiger partial charge is 0.114 e. The van der Waals surface area contributed by atoms with Crippen molar-refractivity contribution in [3.8, 4) is 0 Å². The van der Waals surface area contributed by atoms with Gasteiger partial charge in [0.1, 0.15) is 18.3 Å². The van der Waals surface area contributed by atoms with Gasteiger partial charge in [0.25, 0.3) is 0 Å². The summed E-state index contributed by atoms with van der Waals surface area (Å²) in [6.07, 6.45) is -2.60. The second-order valence-corrected chi connectivity index (χ2v) is 3.23. The van der Waals surface area contributed by atoms with Gasteiger partial charge < -0.3 is 19.7 Å². The molecule has 1 rings (SSSR count). The number of hydrogen-bond donors (Lipinski definition) is 2. The van der Waals surface area contributed by atoms with Crippen molar-refractivity contribution in [1.82, 2.24) is 0 Å². The summed E-state index contributed by atoms with van der Waals surface area (Å²) in [4.78, 5) is 0. The van der Waals surface area contributed by atoms with Gasteiger partial charge >= 0.3 is 0 Å². The molecule has 0 aromatic heterocycles. The molecule has 0 aliphatic carbocycles. The van der Waals surface area contributed by atoms with Crippen molar-refractivity contribution in [1.29, 1.82) is 0 Å². The molecule has 0 spiro atoms. The molecule has 4 heteroatoms. The van der Waals surface area contributed by atoms with Crippen LogP contribution in [0.3, 0.4) is 0 Å². The maximum atomic E-state index is 9.52. The van der Waals surface area contributed by atoms with Crippen molar-refractivity contribution in [3.63, 3.8) is 0 Å². The summed E-state index contributed by atoms with van der Waals surface area (Å²) >= 11 is 0. The van der Waals surface area contributed by atoms with Crippen LogP contribution in [0.2, 0.25) is 0 Å². The molecule has 4 nitrogen and oxygen atoms in total. The largest absolute Gasteiger partial charge is 0.388 e. The fraction of sp³-hybridized carbons (Fsp3) is 1.00. The lowest BCUT2D eigenvalue weighted by atomic mass is 9.96. The molecule has 1 aliphatic rings. The van der Waals surface area contributed by atoms with E-state index in [9.17, 15) is 10.2 Å². The Labute approximate surface area is 72.1 Å². The standard InChI is InChI=1S/C8H16O4/c1-4-6(9)8(11-3)7(10)5(2)12-4/h4-10H,1-3H3/t4-,5-,6-,7-/m0/s1. The third-order valence-corrected chi connectivity index (χ3v) is 2.34. The van der Waals surface area contributed by atoms with Gasteiger partial charge in [-0.25, -0.2) is 0 Å². The zero-order valence-corrected chi connectivity index (χ0v) is 7.60. The normalized spacial score (nSPS) is 49.2. The zero-order valence-electron chi connectivity index (χ0n) is 7.60. The summed E-state index contributed by atoms with van der Waals surface area (Å²) in [6, 6.07) is 0. The van der Waals surface area contributed by atoms with Crippen molar-refractivity contribution in [2.45, 2.75) is 44.4 Å². The molecule has 1 fully saturated rings. The van der Waals surface area contributed by atoms with Gasteiger partial charge in [0, 0.05) is 7.11 Å². The van der Waals surface area contributed by atoms with Crippen molar-refractivity contribution in [2.24, 2.45) is 0 Å². The minimum Gasteiger partial charge on any atom is -0.388 e. The molecule has 1 heterocycles. The first-order chi connectivity index (χ1) is 5.57. The Hall–Kier alpha value is -0.160. The highest BCUT2D eigenvalue weighted by atomic mass is 16.6. The Morgan fingerprint density at radius 1 is 1.08 bits per heavy atom. The molecule has 0 aromatic rings. The van der Waals surface area contributed by atoms with Crippen LogP contribution in [0.25, 0.3) is 0 Å². The summed E-state index contributed by atoms with van der Waals surface area (Å²) in [7, 11) is 1.47. The van der Waals surface area contributed by atoms with Gasteiger partial charge in [0.05, 0.1) is 12.2 Å². The quantitative estimate of drug-likeness (QED) is 0.567. The Morgan fingerprint density at radius 3 is 1.83 bits per heavy atom. The predicted octanol–water partition coefficient (Wildman–Crippen LogP) is -0.470. The molecular weight excluding hydrogens is 160 g/mol. The Balaban J connectivity index is 2.67. The summed E-state index contributed by atoms with van der Waals surface area (Å²) in [5, 5.41) is 19.0. The lowest BCUT2D eigenvalue weighted by Crippen LogP contribution is -2.56. The fourth-order valence-electron chi connectivity index (χ4n) is 1.51. The molecule has 0 unspecified atom stereocenters. The van der Waals surface area contributed by atoms with Gasteiger partial charge in [0.15, 0.2) is 0 Å². The molecular formula is C8H16O4. The fourth-order valence-corrected chi connectivity index (χ4v) is 1.51. The average molecular weight is 176 g/mol. The predicted molar refractivity (Wildman–Crippen MR) is 42.8 cm³/mol. The molecule has 2 N–H and O–H groups in total. The van der Waals surface area contributed by atoms with Crippen LogP contribution in [0.15, 0.2) is 0 Å². The molecule has 0 amide bonds. The number of rotatable bonds is 1. The van der Waals surface area contributed by atoms with Crippen LogP contribution in [0.4, 0.5) is 0 Å². The molecule has 0 saturated carbocycles. The summed E-state index contributed by atoms with van der Waals surface area (Å²) in [5.41, 5.74) is 0. The molecule has 1 aliphatic heterocycles. The van der Waals surface area contributed by atoms with E-state index in [1.54, 1.807) is 13.8 Å². The van der Waals surface area contributed by atoms with Gasteiger partial charge in [-0.15, -0.1) is 0 Å². The molecule has 12 heavy (non-hydrogen) atoms. The van der Waals surface area contributed by atoms with Crippen LogP contribution < -0.4 is 0 Å². The monoisotopic (exact) mass is 176 g/mol. The van der Waals surface area contributed by atoms with Crippen molar-refractivity contribution in [2.75, 3.05) is 7.11 Å². The molecule has 0 aromatic carbocycles. The first kappa shape index (κ1) is 9.92. The van der Waals surface area contributed by atoms with E-state index in [1.165, 1.54) is 7.11 Å². The number of hydrogen-bond acceptors (Lipinski definition) is 4. The summed E-state index contributed by atoms with van der Waals surface area (Å²) in [6.45, 7) is 3.53. The van der Waals surface area contributed by atoms with E-state index < -0.39 is 18.3 Å². The van der Waals surface area contributed by atoms with E-state index in [0.29, 0.717) is 0 Å². The van der Waals surface area contributed by atoms with Gasteiger partial charge in [-0.1, -0.05) is 0 Å². The van der Waals surface area contributed by atoms with Crippen molar-refractivity contribution < 1.29 is 19.7 Å².